The molecule has 0 spiro atoms. The Morgan fingerprint density at radius 1 is 1.09 bits per heavy atom. The van der Waals surface area contributed by atoms with Gasteiger partial charge >= 0.3 is 8.80 Å². The van der Waals surface area contributed by atoms with Gasteiger partial charge in [0.15, 0.2) is 0 Å². The first kappa shape index (κ1) is 20.0. The highest BCUT2D eigenvalue weighted by Crippen LogP contribution is 2.36. The van der Waals surface area contributed by atoms with Crippen molar-refractivity contribution in [1.29, 1.82) is 0 Å². The van der Waals surface area contributed by atoms with E-state index in [0.717, 1.165) is 12.0 Å². The molecule has 2 atom stereocenters. The summed E-state index contributed by atoms with van der Waals surface area (Å²) in [6.07, 6.45) is 3.65. The smallest absolute Gasteiger partial charge is 0.376 e. The Morgan fingerprint density at radius 2 is 1.61 bits per heavy atom. The van der Waals surface area contributed by atoms with E-state index in [4.69, 9.17) is 24.7 Å². The summed E-state index contributed by atoms with van der Waals surface area (Å²) in [5, 5.41) is -0.995. The van der Waals surface area contributed by atoms with Gasteiger partial charge in [0.25, 0.3) is 0 Å². The summed E-state index contributed by atoms with van der Waals surface area (Å²) < 4.78 is 17.0. The van der Waals surface area contributed by atoms with Gasteiger partial charge in [-0.1, -0.05) is 49.8 Å². The van der Waals surface area contributed by atoms with Crippen molar-refractivity contribution in [3.05, 3.63) is 48.6 Å². The first-order valence-corrected chi connectivity index (χ1v) is 9.51. The maximum absolute atomic E-state index is 6.85. The molecule has 0 amide bonds. The van der Waals surface area contributed by atoms with E-state index in [0.29, 0.717) is 12.8 Å². The lowest BCUT2D eigenvalue weighted by atomic mass is 9.82. The Bertz CT molecular complexity index is 488. The van der Waals surface area contributed by atoms with Gasteiger partial charge in [-0.25, -0.2) is 0 Å². The van der Waals surface area contributed by atoms with Crippen LogP contribution in [-0.2, 0) is 19.7 Å². The number of rotatable bonds is 10. The first-order chi connectivity index (χ1) is 10.9. The summed E-state index contributed by atoms with van der Waals surface area (Å²) in [5.74, 6) is 0. The fourth-order valence-electron chi connectivity index (χ4n) is 3.21. The predicted molar refractivity (Wildman–Crippen MR) is 95.9 cm³/mol. The van der Waals surface area contributed by atoms with Crippen LogP contribution in [0.3, 0.4) is 0 Å². The standard InChI is InChI=1S/C17H30N2O3Si/c1-6-13-17(19,23(20-3,21-4)22-5)16(18,7-2)14-15-11-9-8-10-12-15/h7-12H,2,6,13-14,18-19H2,1,3-5H3. The van der Waals surface area contributed by atoms with Crippen LogP contribution in [0.1, 0.15) is 25.3 Å². The van der Waals surface area contributed by atoms with Crippen LogP contribution in [0.25, 0.3) is 0 Å². The van der Waals surface area contributed by atoms with Crippen molar-refractivity contribution in [2.75, 3.05) is 21.3 Å². The summed E-state index contributed by atoms with van der Waals surface area (Å²) in [7, 11) is 1.45. The largest absolute Gasteiger partial charge is 0.523 e. The molecular weight excluding hydrogens is 308 g/mol. The van der Waals surface area contributed by atoms with Crippen molar-refractivity contribution in [2.24, 2.45) is 11.5 Å². The van der Waals surface area contributed by atoms with Crippen LogP contribution in [-0.4, -0.2) is 40.8 Å². The zero-order valence-electron chi connectivity index (χ0n) is 14.7. The van der Waals surface area contributed by atoms with Gasteiger partial charge in [-0.3, -0.25) is 0 Å². The molecule has 0 fully saturated rings. The van der Waals surface area contributed by atoms with E-state index in [1.807, 2.05) is 37.3 Å². The quantitative estimate of drug-likeness (QED) is 0.504. The minimum absolute atomic E-state index is 0.526. The molecule has 0 heterocycles. The number of hydrogen-bond acceptors (Lipinski definition) is 5. The predicted octanol–water partition coefficient (Wildman–Crippen LogP) is 2.03. The molecule has 0 aliphatic carbocycles. The third-order valence-electron chi connectivity index (χ3n) is 4.53. The maximum Gasteiger partial charge on any atom is 0.523 e. The summed E-state index contributed by atoms with van der Waals surface area (Å²) >= 11 is 0. The molecule has 1 aromatic carbocycles. The summed E-state index contributed by atoms with van der Waals surface area (Å²) in [6.45, 7) is 5.99. The molecule has 0 aliphatic heterocycles. The van der Waals surface area contributed by atoms with Gasteiger partial charge in [-0.2, -0.15) is 0 Å². The zero-order valence-corrected chi connectivity index (χ0v) is 15.7. The molecule has 0 radical (unpaired) electrons. The lowest BCUT2D eigenvalue weighted by molar-refractivity contribution is 0.0712. The van der Waals surface area contributed by atoms with Crippen LogP contribution in [0.2, 0.25) is 0 Å². The van der Waals surface area contributed by atoms with Gasteiger partial charge in [0, 0.05) is 21.3 Å². The Balaban J connectivity index is 3.39. The molecule has 1 aromatic rings. The van der Waals surface area contributed by atoms with Crippen LogP contribution in [0, 0.1) is 0 Å². The van der Waals surface area contributed by atoms with Crippen LogP contribution in [0.4, 0.5) is 0 Å². The highest BCUT2D eigenvalue weighted by Gasteiger charge is 2.65. The SMILES string of the molecule is C=CC(N)(Cc1ccccc1)C(N)(CCC)[Si](OC)(OC)OC. The van der Waals surface area contributed by atoms with E-state index in [-0.39, 0.29) is 0 Å². The number of benzene rings is 1. The van der Waals surface area contributed by atoms with Gasteiger partial charge < -0.3 is 24.7 Å². The minimum atomic E-state index is -3.22. The molecule has 1 rings (SSSR count). The third kappa shape index (κ3) is 3.57. The molecule has 0 saturated carbocycles. The molecular formula is C17H30N2O3Si. The van der Waals surface area contributed by atoms with Crippen molar-refractivity contribution in [3.8, 4) is 0 Å². The van der Waals surface area contributed by atoms with Crippen molar-refractivity contribution in [3.63, 3.8) is 0 Å². The van der Waals surface area contributed by atoms with Crippen LogP contribution >= 0.6 is 0 Å². The fourth-order valence-corrected chi connectivity index (χ4v) is 6.12. The lowest BCUT2D eigenvalue weighted by Crippen LogP contribution is -2.81. The van der Waals surface area contributed by atoms with Gasteiger partial charge in [-0.15, -0.1) is 6.58 Å². The molecule has 4 N–H and O–H groups in total. The third-order valence-corrected chi connectivity index (χ3v) is 7.95. The molecule has 0 aliphatic rings. The molecule has 6 heteroatoms. The van der Waals surface area contributed by atoms with Crippen molar-refractivity contribution < 1.29 is 13.3 Å². The summed E-state index contributed by atoms with van der Waals surface area (Å²) in [5.41, 5.74) is 13.7. The maximum atomic E-state index is 6.85. The van der Waals surface area contributed by atoms with E-state index in [9.17, 15) is 0 Å². The average molecular weight is 339 g/mol. The van der Waals surface area contributed by atoms with Gasteiger partial charge in [0.05, 0.1) is 5.54 Å². The van der Waals surface area contributed by atoms with E-state index in [1.165, 1.54) is 0 Å². The highest BCUT2D eigenvalue weighted by atomic mass is 28.4. The molecule has 130 valence electrons. The monoisotopic (exact) mass is 338 g/mol. The second-order valence-corrected chi connectivity index (χ2v) is 9.03. The Labute approximate surface area is 141 Å². The summed E-state index contributed by atoms with van der Waals surface area (Å²) in [4.78, 5) is 0. The summed E-state index contributed by atoms with van der Waals surface area (Å²) in [6, 6.07) is 9.96. The highest BCUT2D eigenvalue weighted by molar-refractivity contribution is 6.64. The van der Waals surface area contributed by atoms with Crippen LogP contribution in [0.5, 0.6) is 0 Å². The zero-order chi connectivity index (χ0) is 17.6. The second-order valence-electron chi connectivity index (χ2n) is 5.80. The molecule has 23 heavy (non-hydrogen) atoms. The normalized spacial score (nSPS) is 17.3. The van der Waals surface area contributed by atoms with Crippen LogP contribution in [0.15, 0.2) is 43.0 Å². The van der Waals surface area contributed by atoms with Gasteiger partial charge in [-0.05, 0) is 18.4 Å². The van der Waals surface area contributed by atoms with Crippen molar-refractivity contribution >= 4 is 8.80 Å². The molecule has 2 unspecified atom stereocenters. The van der Waals surface area contributed by atoms with Crippen molar-refractivity contribution in [1.82, 2.24) is 0 Å². The van der Waals surface area contributed by atoms with Gasteiger partial charge in [0.1, 0.15) is 5.16 Å². The Hall–Kier alpha value is -1.02. The molecule has 0 saturated heterocycles. The average Bonchev–Trinajstić information content (AvgIpc) is 2.57. The first-order valence-electron chi connectivity index (χ1n) is 7.79. The van der Waals surface area contributed by atoms with Gasteiger partial charge in [0.2, 0.25) is 0 Å². The van der Waals surface area contributed by atoms with E-state index >= 15 is 0 Å². The van der Waals surface area contributed by atoms with Crippen molar-refractivity contribution in [2.45, 2.75) is 36.9 Å². The Morgan fingerprint density at radius 3 is 2.00 bits per heavy atom. The minimum Gasteiger partial charge on any atom is -0.376 e. The van der Waals surface area contributed by atoms with Crippen LogP contribution < -0.4 is 11.5 Å². The number of nitrogens with two attached hydrogens (primary N) is 2. The topological polar surface area (TPSA) is 79.7 Å². The molecule has 0 aromatic heterocycles. The lowest BCUT2D eigenvalue weighted by Gasteiger charge is -2.50. The molecule has 0 bridgehead atoms. The second kappa shape index (κ2) is 8.19. The Kier molecular flexibility index (Phi) is 7.13. The molecule has 5 nitrogen and oxygen atoms in total. The fraction of sp³-hybridized carbons (Fsp3) is 0.529. The van der Waals surface area contributed by atoms with E-state index in [2.05, 4.69) is 6.58 Å². The van der Waals surface area contributed by atoms with E-state index < -0.39 is 19.5 Å². The number of hydrogen-bond donors (Lipinski definition) is 2. The van der Waals surface area contributed by atoms with E-state index in [1.54, 1.807) is 27.4 Å².